The minimum absolute atomic E-state index is 0.240. The Bertz CT molecular complexity index is 1520. The molecule has 31 heavy (non-hydrogen) atoms. The second kappa shape index (κ2) is 7.56. The zero-order chi connectivity index (χ0) is 21.4. The lowest BCUT2D eigenvalue weighted by molar-refractivity contribution is 0.601. The van der Waals surface area contributed by atoms with E-state index in [9.17, 15) is 8.42 Å². The highest BCUT2D eigenvalue weighted by Crippen LogP contribution is 2.41. The van der Waals surface area contributed by atoms with Gasteiger partial charge in [-0.3, -0.25) is 4.72 Å². The summed E-state index contributed by atoms with van der Waals surface area (Å²) in [5.41, 5.74) is 3.60. The normalized spacial score (nSPS) is 11.6. The first kappa shape index (κ1) is 19.3. The molecule has 5 rings (SSSR count). The minimum atomic E-state index is -3.73. The zero-order valence-corrected chi connectivity index (χ0v) is 17.9. The summed E-state index contributed by atoms with van der Waals surface area (Å²) in [6.07, 6.45) is 0. The van der Waals surface area contributed by atoms with E-state index in [0.29, 0.717) is 5.69 Å². The summed E-state index contributed by atoms with van der Waals surface area (Å²) in [5, 5.41) is 4.29. The molecule has 0 radical (unpaired) electrons. The van der Waals surface area contributed by atoms with Crippen LogP contribution < -0.4 is 4.72 Å². The molecule has 0 aromatic heterocycles. The Morgan fingerprint density at radius 3 is 1.81 bits per heavy atom. The molecule has 0 unspecified atom stereocenters. The number of aryl methyl sites for hydroxylation is 1. The molecule has 0 saturated carbocycles. The van der Waals surface area contributed by atoms with Crippen molar-refractivity contribution in [2.75, 3.05) is 4.72 Å². The van der Waals surface area contributed by atoms with Crippen molar-refractivity contribution in [2.45, 2.75) is 11.8 Å². The molecule has 152 valence electrons. The Morgan fingerprint density at radius 2 is 1.13 bits per heavy atom. The second-order valence-corrected chi connectivity index (χ2v) is 9.29. The van der Waals surface area contributed by atoms with E-state index < -0.39 is 10.0 Å². The summed E-state index contributed by atoms with van der Waals surface area (Å²) >= 11 is 0. The lowest BCUT2D eigenvalue weighted by Crippen LogP contribution is -2.13. The van der Waals surface area contributed by atoms with Gasteiger partial charge in [0.2, 0.25) is 0 Å². The SMILES string of the molecule is Cc1ccc2ccccc2c1-c1c(NS(=O)(=O)c2ccccc2)ccc2ccccc12. The van der Waals surface area contributed by atoms with Gasteiger partial charge in [-0.25, -0.2) is 8.42 Å². The van der Waals surface area contributed by atoms with Crippen molar-refractivity contribution in [3.05, 3.63) is 109 Å². The van der Waals surface area contributed by atoms with Crippen molar-refractivity contribution in [1.29, 1.82) is 0 Å². The van der Waals surface area contributed by atoms with E-state index in [4.69, 9.17) is 0 Å². The molecule has 0 heterocycles. The highest BCUT2D eigenvalue weighted by molar-refractivity contribution is 7.92. The Balaban J connectivity index is 1.82. The summed E-state index contributed by atoms with van der Waals surface area (Å²) < 4.78 is 29.2. The van der Waals surface area contributed by atoms with Gasteiger partial charge in [0.1, 0.15) is 0 Å². The topological polar surface area (TPSA) is 46.2 Å². The largest absolute Gasteiger partial charge is 0.279 e. The van der Waals surface area contributed by atoms with Crippen LogP contribution in [0.4, 0.5) is 5.69 Å². The molecule has 5 aromatic rings. The van der Waals surface area contributed by atoms with Gasteiger partial charge in [0.05, 0.1) is 10.6 Å². The van der Waals surface area contributed by atoms with E-state index in [1.807, 2.05) is 42.5 Å². The van der Waals surface area contributed by atoms with E-state index in [1.54, 1.807) is 30.3 Å². The first-order valence-corrected chi connectivity index (χ1v) is 11.6. The maximum absolute atomic E-state index is 13.2. The zero-order valence-electron chi connectivity index (χ0n) is 17.0. The molecule has 0 saturated heterocycles. The van der Waals surface area contributed by atoms with Crippen LogP contribution in [-0.4, -0.2) is 8.42 Å². The van der Waals surface area contributed by atoms with Crippen molar-refractivity contribution in [3.8, 4) is 11.1 Å². The molecule has 0 spiro atoms. The number of hydrogen-bond donors (Lipinski definition) is 1. The maximum atomic E-state index is 13.2. The van der Waals surface area contributed by atoms with Crippen LogP contribution in [0, 0.1) is 6.92 Å². The summed E-state index contributed by atoms with van der Waals surface area (Å²) in [6, 6.07) is 32.8. The van der Waals surface area contributed by atoms with Gasteiger partial charge in [0.15, 0.2) is 0 Å². The second-order valence-electron chi connectivity index (χ2n) is 7.61. The molecule has 4 heteroatoms. The molecule has 0 fully saturated rings. The fraction of sp³-hybridized carbons (Fsp3) is 0.0370. The average Bonchev–Trinajstić information content (AvgIpc) is 2.80. The Morgan fingerprint density at radius 1 is 0.581 bits per heavy atom. The van der Waals surface area contributed by atoms with Crippen molar-refractivity contribution in [1.82, 2.24) is 0 Å². The van der Waals surface area contributed by atoms with Crippen LogP contribution >= 0.6 is 0 Å². The number of sulfonamides is 1. The van der Waals surface area contributed by atoms with Gasteiger partial charge in [0.25, 0.3) is 10.0 Å². The van der Waals surface area contributed by atoms with E-state index in [-0.39, 0.29) is 4.90 Å². The van der Waals surface area contributed by atoms with E-state index in [2.05, 4.69) is 42.0 Å². The van der Waals surface area contributed by atoms with E-state index >= 15 is 0 Å². The molecule has 0 aliphatic heterocycles. The molecule has 0 aliphatic rings. The highest BCUT2D eigenvalue weighted by Gasteiger charge is 2.20. The summed E-state index contributed by atoms with van der Waals surface area (Å²) in [4.78, 5) is 0.240. The fourth-order valence-corrected chi connectivity index (χ4v) is 5.23. The number of rotatable bonds is 4. The van der Waals surface area contributed by atoms with Crippen LogP contribution in [0.3, 0.4) is 0 Å². The van der Waals surface area contributed by atoms with Crippen LogP contribution in [0.25, 0.3) is 32.7 Å². The van der Waals surface area contributed by atoms with Gasteiger partial charge in [-0.05, 0) is 57.8 Å². The molecule has 0 aliphatic carbocycles. The molecular weight excluding hydrogens is 402 g/mol. The molecular formula is C27H21NO2S. The average molecular weight is 424 g/mol. The maximum Gasteiger partial charge on any atom is 0.261 e. The van der Waals surface area contributed by atoms with Crippen molar-refractivity contribution in [2.24, 2.45) is 0 Å². The standard InChI is InChI=1S/C27H21NO2S/c1-19-15-16-20-9-5-7-13-23(20)26(19)27-24-14-8-6-10-21(24)17-18-25(27)28-31(29,30)22-11-3-2-4-12-22/h2-18,28H,1H3. The Hall–Kier alpha value is -3.63. The smallest absolute Gasteiger partial charge is 0.261 e. The summed E-state index contributed by atoms with van der Waals surface area (Å²) in [5.74, 6) is 0. The highest BCUT2D eigenvalue weighted by atomic mass is 32.2. The van der Waals surface area contributed by atoms with E-state index in [1.165, 1.54) is 0 Å². The van der Waals surface area contributed by atoms with Crippen LogP contribution in [0.2, 0.25) is 0 Å². The van der Waals surface area contributed by atoms with E-state index in [0.717, 1.165) is 38.2 Å². The van der Waals surface area contributed by atoms with Gasteiger partial charge in [-0.2, -0.15) is 0 Å². The van der Waals surface area contributed by atoms with Gasteiger partial charge in [-0.15, -0.1) is 0 Å². The number of benzene rings is 5. The first-order chi connectivity index (χ1) is 15.0. The molecule has 0 amide bonds. The molecule has 3 nitrogen and oxygen atoms in total. The summed E-state index contributed by atoms with van der Waals surface area (Å²) in [6.45, 7) is 2.07. The Kier molecular flexibility index (Phi) is 4.72. The lowest BCUT2D eigenvalue weighted by Gasteiger charge is -2.19. The van der Waals surface area contributed by atoms with Crippen LogP contribution in [0.5, 0.6) is 0 Å². The predicted octanol–water partition coefficient (Wildman–Crippen LogP) is 6.77. The number of anilines is 1. The molecule has 0 atom stereocenters. The summed E-state index contributed by atoms with van der Waals surface area (Å²) in [7, 11) is -3.73. The molecule has 5 aromatic carbocycles. The van der Waals surface area contributed by atoms with Crippen LogP contribution in [0.15, 0.2) is 108 Å². The number of fused-ring (bicyclic) bond motifs is 2. The van der Waals surface area contributed by atoms with Crippen LogP contribution in [0.1, 0.15) is 5.56 Å². The first-order valence-electron chi connectivity index (χ1n) is 10.1. The third kappa shape index (κ3) is 3.45. The van der Waals surface area contributed by atoms with Gasteiger partial charge in [0, 0.05) is 5.56 Å². The van der Waals surface area contributed by atoms with Crippen LogP contribution in [-0.2, 0) is 10.0 Å². The van der Waals surface area contributed by atoms with Crippen molar-refractivity contribution >= 4 is 37.3 Å². The monoisotopic (exact) mass is 423 g/mol. The third-order valence-corrected chi connectivity index (χ3v) is 7.00. The van der Waals surface area contributed by atoms with Crippen molar-refractivity contribution in [3.63, 3.8) is 0 Å². The van der Waals surface area contributed by atoms with Gasteiger partial charge < -0.3 is 0 Å². The quantitative estimate of drug-likeness (QED) is 0.347. The van der Waals surface area contributed by atoms with Gasteiger partial charge >= 0.3 is 0 Å². The van der Waals surface area contributed by atoms with Gasteiger partial charge in [-0.1, -0.05) is 84.9 Å². The number of nitrogens with one attached hydrogen (secondary N) is 1. The number of hydrogen-bond acceptors (Lipinski definition) is 2. The Labute approximate surface area is 182 Å². The van der Waals surface area contributed by atoms with Crippen molar-refractivity contribution < 1.29 is 8.42 Å². The fourth-order valence-electron chi connectivity index (χ4n) is 4.14. The molecule has 1 N–H and O–H groups in total. The molecule has 0 bridgehead atoms. The third-order valence-electron chi connectivity index (χ3n) is 5.61. The lowest BCUT2D eigenvalue weighted by atomic mass is 9.89. The minimum Gasteiger partial charge on any atom is -0.279 e. The predicted molar refractivity (Wildman–Crippen MR) is 129 cm³/mol.